The van der Waals surface area contributed by atoms with E-state index in [1.807, 2.05) is 6.08 Å². The lowest BCUT2D eigenvalue weighted by atomic mass is 10.0. The first-order valence-corrected chi connectivity index (χ1v) is 26.4. The first kappa shape index (κ1) is 60.5. The molecule has 0 rings (SSSR count). The van der Waals surface area contributed by atoms with Crippen LogP contribution in [0.5, 0.6) is 0 Å². The number of unbranched alkanes of at least 4 members (excludes halogenated alkanes) is 19. The van der Waals surface area contributed by atoms with E-state index in [1.54, 1.807) is 6.08 Å². The van der Waals surface area contributed by atoms with Gasteiger partial charge in [0.2, 0.25) is 5.91 Å². The monoisotopic (exact) mass is 882 g/mol. The van der Waals surface area contributed by atoms with Crippen LogP contribution < -0.4 is 5.32 Å². The summed E-state index contributed by atoms with van der Waals surface area (Å²) in [5.41, 5.74) is 0. The molecule has 3 N–H and O–H groups in total. The van der Waals surface area contributed by atoms with Gasteiger partial charge in [-0.25, -0.2) is 0 Å². The molecule has 0 aromatic rings. The molecular formula is C60H99NO3. The van der Waals surface area contributed by atoms with Crippen molar-refractivity contribution in [3.8, 4) is 0 Å². The van der Waals surface area contributed by atoms with Crippen LogP contribution in [0.3, 0.4) is 0 Å². The molecule has 362 valence electrons. The van der Waals surface area contributed by atoms with Gasteiger partial charge in [-0.15, -0.1) is 0 Å². The number of hydrogen-bond donors (Lipinski definition) is 3. The lowest BCUT2D eigenvalue weighted by Crippen LogP contribution is -2.45. The van der Waals surface area contributed by atoms with Crippen molar-refractivity contribution in [2.24, 2.45) is 0 Å². The molecule has 64 heavy (non-hydrogen) atoms. The zero-order valence-corrected chi connectivity index (χ0v) is 41.5. The van der Waals surface area contributed by atoms with E-state index in [4.69, 9.17) is 0 Å². The zero-order valence-electron chi connectivity index (χ0n) is 41.5. The third kappa shape index (κ3) is 49.5. The van der Waals surface area contributed by atoms with Gasteiger partial charge in [0.15, 0.2) is 0 Å². The second-order valence-electron chi connectivity index (χ2n) is 17.2. The molecule has 0 heterocycles. The minimum absolute atomic E-state index is 0.111. The third-order valence-corrected chi connectivity index (χ3v) is 11.1. The SMILES string of the molecule is CC/C=C\C/C=C\C/C=C\C/C=C\C/C=C\C/C=C\C/C=C\C/C=C\C/C=C\CCCCCC(=O)NC(CO)C(O)/C=C/CC/C=C/CCCCCCCCCCCCCCCCC. The van der Waals surface area contributed by atoms with Crippen LogP contribution in [0.2, 0.25) is 0 Å². The standard InChI is InChI=1S/C60H99NO3/c1-3-5-7-9-11-13-15-17-19-21-23-25-26-27-28-29-30-31-32-33-34-36-38-40-42-44-46-48-50-52-54-56-60(64)61-58(57-62)59(63)55-53-51-49-47-45-43-41-39-37-35-24-22-20-18-16-14-12-10-8-6-4-2/h5,7,11,13,17,19,23,25,27-28,30-31,33-34,38,40,44-47,53,55,58-59,62-63H,3-4,6,8-10,12,14-16,18,20-22,24,26,29,32,35-37,39,41-43,48-52,54,56-57H2,1-2H3,(H,61,64)/b7-5-,13-11-,19-17-,25-23-,28-27-,31-30-,34-33-,40-38-,46-44-,47-45+,55-53+. The Balaban J connectivity index is 3.74. The Morgan fingerprint density at radius 2 is 0.703 bits per heavy atom. The first-order valence-electron chi connectivity index (χ1n) is 26.4. The Morgan fingerprint density at radius 3 is 1.09 bits per heavy atom. The Morgan fingerprint density at radius 1 is 0.391 bits per heavy atom. The van der Waals surface area contributed by atoms with Crippen LogP contribution in [-0.4, -0.2) is 34.9 Å². The molecule has 0 aliphatic rings. The van der Waals surface area contributed by atoms with Crippen molar-refractivity contribution >= 4 is 5.91 Å². The number of carbonyl (C=O) groups excluding carboxylic acids is 1. The molecule has 0 aromatic carbocycles. The lowest BCUT2D eigenvalue weighted by molar-refractivity contribution is -0.123. The summed E-state index contributed by atoms with van der Waals surface area (Å²) in [5, 5.41) is 23.1. The highest BCUT2D eigenvalue weighted by atomic mass is 16.3. The molecule has 0 bridgehead atoms. The van der Waals surface area contributed by atoms with Gasteiger partial charge < -0.3 is 15.5 Å². The van der Waals surface area contributed by atoms with Gasteiger partial charge >= 0.3 is 0 Å². The van der Waals surface area contributed by atoms with Crippen LogP contribution in [0.1, 0.15) is 219 Å². The van der Waals surface area contributed by atoms with Crippen molar-refractivity contribution in [1.82, 2.24) is 5.32 Å². The highest BCUT2D eigenvalue weighted by molar-refractivity contribution is 5.76. The molecule has 0 radical (unpaired) electrons. The molecule has 4 nitrogen and oxygen atoms in total. The summed E-state index contributed by atoms with van der Waals surface area (Å²) in [5.74, 6) is -0.111. The molecule has 2 atom stereocenters. The summed E-state index contributed by atoms with van der Waals surface area (Å²) in [4.78, 5) is 12.4. The number of allylic oxidation sites excluding steroid dienone is 21. The molecule has 0 saturated heterocycles. The van der Waals surface area contributed by atoms with Gasteiger partial charge in [0.05, 0.1) is 18.8 Å². The number of aliphatic hydroxyl groups is 2. The van der Waals surface area contributed by atoms with Gasteiger partial charge in [0.1, 0.15) is 0 Å². The Bertz CT molecular complexity index is 1320. The number of nitrogens with one attached hydrogen (secondary N) is 1. The van der Waals surface area contributed by atoms with E-state index in [0.29, 0.717) is 6.42 Å². The fourth-order valence-electron chi connectivity index (χ4n) is 7.13. The summed E-state index contributed by atoms with van der Waals surface area (Å²) in [7, 11) is 0. The van der Waals surface area contributed by atoms with E-state index in [1.165, 1.54) is 96.3 Å². The fraction of sp³-hybridized carbons (Fsp3) is 0.617. The molecule has 2 unspecified atom stereocenters. The Labute approximate surface area is 396 Å². The number of hydrogen-bond acceptors (Lipinski definition) is 3. The third-order valence-electron chi connectivity index (χ3n) is 11.1. The molecule has 0 saturated carbocycles. The summed E-state index contributed by atoms with van der Waals surface area (Å²) in [6, 6.07) is -0.668. The topological polar surface area (TPSA) is 69.6 Å². The highest BCUT2D eigenvalue weighted by Crippen LogP contribution is 2.14. The predicted octanol–water partition coefficient (Wildman–Crippen LogP) is 17.5. The van der Waals surface area contributed by atoms with E-state index in [2.05, 4.69) is 141 Å². The average Bonchev–Trinajstić information content (AvgIpc) is 3.30. The van der Waals surface area contributed by atoms with Crippen molar-refractivity contribution in [2.45, 2.75) is 231 Å². The maximum Gasteiger partial charge on any atom is 0.220 e. The first-order chi connectivity index (χ1) is 31.7. The highest BCUT2D eigenvalue weighted by Gasteiger charge is 2.17. The van der Waals surface area contributed by atoms with Crippen LogP contribution in [0.15, 0.2) is 134 Å². The number of aliphatic hydroxyl groups excluding tert-OH is 2. The van der Waals surface area contributed by atoms with Gasteiger partial charge in [-0.05, 0) is 103 Å². The number of amides is 1. The maximum atomic E-state index is 12.4. The van der Waals surface area contributed by atoms with Gasteiger partial charge in [0.25, 0.3) is 0 Å². The van der Waals surface area contributed by atoms with Crippen LogP contribution in [0.4, 0.5) is 0 Å². The molecule has 4 heteroatoms. The second-order valence-corrected chi connectivity index (χ2v) is 17.2. The molecule has 0 aliphatic carbocycles. The van der Waals surface area contributed by atoms with E-state index in [0.717, 1.165) is 103 Å². The van der Waals surface area contributed by atoms with Crippen LogP contribution in [0, 0.1) is 0 Å². The summed E-state index contributed by atoms with van der Waals surface area (Å²) in [6.07, 6.45) is 84.4. The number of carbonyl (C=O) groups is 1. The Hall–Kier alpha value is -3.47. The van der Waals surface area contributed by atoms with Crippen molar-refractivity contribution in [3.63, 3.8) is 0 Å². The van der Waals surface area contributed by atoms with Crippen molar-refractivity contribution in [1.29, 1.82) is 0 Å². The zero-order chi connectivity index (χ0) is 46.3. The minimum Gasteiger partial charge on any atom is -0.394 e. The molecule has 0 fully saturated rings. The maximum absolute atomic E-state index is 12.4. The van der Waals surface area contributed by atoms with E-state index in [9.17, 15) is 15.0 Å². The largest absolute Gasteiger partial charge is 0.394 e. The van der Waals surface area contributed by atoms with Gasteiger partial charge in [-0.2, -0.15) is 0 Å². The minimum atomic E-state index is -0.887. The molecular weight excluding hydrogens is 783 g/mol. The molecule has 0 aliphatic heterocycles. The molecule has 0 aromatic heterocycles. The molecule has 1 amide bonds. The van der Waals surface area contributed by atoms with E-state index < -0.39 is 12.1 Å². The summed E-state index contributed by atoms with van der Waals surface area (Å²) in [6.45, 7) is 4.17. The quantitative estimate of drug-likeness (QED) is 0.0421. The molecule has 0 spiro atoms. The number of rotatable bonds is 46. The van der Waals surface area contributed by atoms with Gasteiger partial charge in [0, 0.05) is 6.42 Å². The van der Waals surface area contributed by atoms with Crippen LogP contribution >= 0.6 is 0 Å². The van der Waals surface area contributed by atoms with Gasteiger partial charge in [-0.3, -0.25) is 4.79 Å². The Kier molecular flexibility index (Phi) is 50.9. The smallest absolute Gasteiger partial charge is 0.220 e. The van der Waals surface area contributed by atoms with E-state index in [-0.39, 0.29) is 12.5 Å². The van der Waals surface area contributed by atoms with E-state index >= 15 is 0 Å². The van der Waals surface area contributed by atoms with Crippen LogP contribution in [0.25, 0.3) is 0 Å². The second kappa shape index (κ2) is 53.9. The lowest BCUT2D eigenvalue weighted by Gasteiger charge is -2.19. The van der Waals surface area contributed by atoms with Gasteiger partial charge in [-0.1, -0.05) is 244 Å². The average molecular weight is 882 g/mol. The van der Waals surface area contributed by atoms with Crippen molar-refractivity contribution in [2.75, 3.05) is 6.61 Å². The van der Waals surface area contributed by atoms with Crippen molar-refractivity contribution in [3.05, 3.63) is 134 Å². The van der Waals surface area contributed by atoms with Crippen molar-refractivity contribution < 1.29 is 15.0 Å². The predicted molar refractivity (Wildman–Crippen MR) is 285 cm³/mol. The van der Waals surface area contributed by atoms with Crippen LogP contribution in [-0.2, 0) is 4.79 Å². The summed E-state index contributed by atoms with van der Waals surface area (Å²) < 4.78 is 0. The normalized spacial score (nSPS) is 14.0. The fourth-order valence-corrected chi connectivity index (χ4v) is 7.13. The summed E-state index contributed by atoms with van der Waals surface area (Å²) >= 11 is 0.